The van der Waals surface area contributed by atoms with Crippen LogP contribution in [0.5, 0.6) is 0 Å². The number of anilines is 1. The maximum absolute atomic E-state index is 12.8. The SMILES string of the molecule is C=C/C(=C\C(=C)C)C(=S)NCc1cccc(C(=O)Nc2cnc3[nH]c(C(=O)OC)cc3c2)c1. The van der Waals surface area contributed by atoms with Crippen LogP contribution in [0.1, 0.15) is 33.3 Å². The van der Waals surface area contributed by atoms with Crippen LogP contribution in [0.15, 0.2) is 79.1 Å². The third-order valence-electron chi connectivity index (χ3n) is 4.66. The number of nitrogens with zero attached hydrogens (tertiary/aromatic N) is 1. The van der Waals surface area contributed by atoms with Gasteiger partial charge in [0.15, 0.2) is 0 Å². The van der Waals surface area contributed by atoms with Gasteiger partial charge in [0.05, 0.1) is 19.0 Å². The summed E-state index contributed by atoms with van der Waals surface area (Å²) in [5.41, 5.74) is 4.37. The lowest BCUT2D eigenvalue weighted by Gasteiger charge is -2.11. The molecule has 0 aliphatic heterocycles. The van der Waals surface area contributed by atoms with E-state index in [2.05, 4.69) is 33.8 Å². The number of amides is 1. The van der Waals surface area contributed by atoms with E-state index in [4.69, 9.17) is 17.0 Å². The highest BCUT2D eigenvalue weighted by atomic mass is 32.1. The summed E-state index contributed by atoms with van der Waals surface area (Å²) in [4.78, 5) is 32.2. The molecule has 0 spiro atoms. The van der Waals surface area contributed by atoms with Crippen LogP contribution < -0.4 is 10.6 Å². The fourth-order valence-electron chi connectivity index (χ4n) is 3.10. The Bertz CT molecular complexity index is 1290. The van der Waals surface area contributed by atoms with Gasteiger partial charge in [0.2, 0.25) is 0 Å². The largest absolute Gasteiger partial charge is 0.464 e. The van der Waals surface area contributed by atoms with Gasteiger partial charge in [-0.25, -0.2) is 9.78 Å². The van der Waals surface area contributed by atoms with E-state index in [0.29, 0.717) is 39.5 Å². The summed E-state index contributed by atoms with van der Waals surface area (Å²) in [6.07, 6.45) is 5.06. The molecule has 33 heavy (non-hydrogen) atoms. The smallest absolute Gasteiger partial charge is 0.354 e. The highest BCUT2D eigenvalue weighted by Crippen LogP contribution is 2.19. The molecule has 3 aromatic rings. The van der Waals surface area contributed by atoms with E-state index in [-0.39, 0.29) is 5.91 Å². The summed E-state index contributed by atoms with van der Waals surface area (Å²) in [6, 6.07) is 10.6. The zero-order valence-corrected chi connectivity index (χ0v) is 19.2. The van der Waals surface area contributed by atoms with Crippen LogP contribution in [0.4, 0.5) is 5.69 Å². The number of hydrogen-bond donors (Lipinski definition) is 3. The van der Waals surface area contributed by atoms with Crippen LogP contribution in [0.25, 0.3) is 11.0 Å². The number of thiocarbonyl (C=S) groups is 1. The number of pyridine rings is 1. The molecule has 2 heterocycles. The standard InChI is InChI=1S/C25H24N4O3S/c1-5-17(9-15(2)3)24(33)27-13-16-7-6-8-18(10-16)23(30)28-20-11-19-12-21(25(31)32-4)29-22(19)26-14-20/h5-12,14H,1-2,13H2,3-4H3,(H,26,29)(H,27,33)(H,28,30)/b17-9+. The molecule has 0 fully saturated rings. The number of esters is 1. The molecule has 168 valence electrons. The number of hydrogen-bond acceptors (Lipinski definition) is 5. The Morgan fingerprint density at radius 1 is 1.27 bits per heavy atom. The number of benzene rings is 1. The lowest BCUT2D eigenvalue weighted by molar-refractivity contribution is 0.0595. The predicted molar refractivity (Wildman–Crippen MR) is 134 cm³/mol. The molecule has 0 bridgehead atoms. The van der Waals surface area contributed by atoms with E-state index >= 15 is 0 Å². The van der Waals surface area contributed by atoms with Gasteiger partial charge in [0.25, 0.3) is 5.91 Å². The van der Waals surface area contributed by atoms with Gasteiger partial charge in [-0.05, 0) is 42.8 Å². The minimum Gasteiger partial charge on any atom is -0.464 e. The van der Waals surface area contributed by atoms with Crippen LogP contribution in [0.3, 0.4) is 0 Å². The zero-order chi connectivity index (χ0) is 24.0. The third kappa shape index (κ3) is 6.02. The number of carbonyl (C=O) groups excluding carboxylic acids is 2. The molecule has 3 rings (SSSR count). The van der Waals surface area contributed by atoms with Gasteiger partial charge < -0.3 is 20.4 Å². The number of fused-ring (bicyclic) bond motifs is 1. The van der Waals surface area contributed by atoms with Gasteiger partial charge >= 0.3 is 5.97 Å². The van der Waals surface area contributed by atoms with Crippen molar-refractivity contribution in [2.45, 2.75) is 13.5 Å². The summed E-state index contributed by atoms with van der Waals surface area (Å²) in [6.45, 7) is 9.97. The van der Waals surface area contributed by atoms with Crippen LogP contribution >= 0.6 is 12.2 Å². The Balaban J connectivity index is 1.69. The summed E-state index contributed by atoms with van der Waals surface area (Å²) in [7, 11) is 1.31. The minimum atomic E-state index is -0.487. The molecule has 2 aromatic heterocycles. The summed E-state index contributed by atoms with van der Waals surface area (Å²) in [5, 5.41) is 6.69. The normalized spacial score (nSPS) is 11.0. The van der Waals surface area contributed by atoms with E-state index in [9.17, 15) is 9.59 Å². The maximum atomic E-state index is 12.8. The number of aromatic amines is 1. The molecule has 0 aliphatic rings. The van der Waals surface area contributed by atoms with E-state index in [1.165, 1.54) is 13.3 Å². The van der Waals surface area contributed by atoms with Crippen LogP contribution in [0, 0.1) is 0 Å². The van der Waals surface area contributed by atoms with Crippen LogP contribution in [-0.2, 0) is 11.3 Å². The molecule has 0 radical (unpaired) electrons. The number of allylic oxidation sites excluding steroid dienone is 2. The molecular formula is C25H24N4O3S. The Hall–Kier alpha value is -4.04. The average Bonchev–Trinajstić information content (AvgIpc) is 3.24. The molecule has 0 unspecified atom stereocenters. The molecule has 0 saturated carbocycles. The zero-order valence-electron chi connectivity index (χ0n) is 18.4. The lowest BCUT2D eigenvalue weighted by Crippen LogP contribution is -2.22. The van der Waals surface area contributed by atoms with E-state index in [1.54, 1.807) is 30.3 Å². The van der Waals surface area contributed by atoms with Crippen molar-refractivity contribution in [2.24, 2.45) is 0 Å². The second-order valence-corrected chi connectivity index (χ2v) is 7.73. The lowest BCUT2D eigenvalue weighted by atomic mass is 10.1. The molecule has 3 N–H and O–H groups in total. The Morgan fingerprint density at radius 3 is 2.76 bits per heavy atom. The average molecular weight is 461 g/mol. The van der Waals surface area contributed by atoms with Crippen molar-refractivity contribution in [2.75, 3.05) is 12.4 Å². The topological polar surface area (TPSA) is 96.1 Å². The van der Waals surface area contributed by atoms with Crippen molar-refractivity contribution in [3.63, 3.8) is 0 Å². The first-order valence-corrected chi connectivity index (χ1v) is 10.5. The van der Waals surface area contributed by atoms with Crippen molar-refractivity contribution < 1.29 is 14.3 Å². The monoisotopic (exact) mass is 460 g/mol. The summed E-state index contributed by atoms with van der Waals surface area (Å²) < 4.78 is 4.71. The molecule has 8 heteroatoms. The quantitative estimate of drug-likeness (QED) is 0.195. The van der Waals surface area contributed by atoms with Gasteiger partial charge in [-0.2, -0.15) is 0 Å². The van der Waals surface area contributed by atoms with Gasteiger partial charge in [-0.1, -0.05) is 49.2 Å². The minimum absolute atomic E-state index is 0.279. The molecule has 7 nitrogen and oxygen atoms in total. The molecule has 0 saturated heterocycles. The van der Waals surface area contributed by atoms with Crippen molar-refractivity contribution in [1.29, 1.82) is 0 Å². The van der Waals surface area contributed by atoms with Gasteiger partial charge in [0, 0.05) is 23.1 Å². The van der Waals surface area contributed by atoms with Crippen molar-refractivity contribution in [1.82, 2.24) is 15.3 Å². The van der Waals surface area contributed by atoms with Gasteiger partial charge in [-0.3, -0.25) is 4.79 Å². The Labute approximate surface area is 197 Å². The van der Waals surface area contributed by atoms with Crippen molar-refractivity contribution in [3.05, 3.63) is 95.9 Å². The first kappa shape index (κ1) is 23.6. The first-order chi connectivity index (χ1) is 15.8. The number of methoxy groups -OCH3 is 1. The highest BCUT2D eigenvalue weighted by molar-refractivity contribution is 7.80. The molecule has 1 aromatic carbocycles. The maximum Gasteiger partial charge on any atom is 0.354 e. The van der Waals surface area contributed by atoms with Crippen molar-refractivity contribution in [3.8, 4) is 0 Å². The number of rotatable bonds is 8. The van der Waals surface area contributed by atoms with Gasteiger partial charge in [-0.15, -0.1) is 0 Å². The second kappa shape index (κ2) is 10.5. The third-order valence-corrected chi connectivity index (χ3v) is 5.04. The molecular weight excluding hydrogens is 436 g/mol. The molecule has 1 amide bonds. The van der Waals surface area contributed by atoms with Crippen LogP contribution in [0.2, 0.25) is 0 Å². The Kier molecular flexibility index (Phi) is 7.53. The number of ether oxygens (including phenoxy) is 1. The number of H-pyrrole nitrogens is 1. The van der Waals surface area contributed by atoms with Gasteiger partial charge in [0.1, 0.15) is 16.3 Å². The predicted octanol–water partition coefficient (Wildman–Crippen LogP) is 4.71. The number of aromatic nitrogens is 2. The highest BCUT2D eigenvalue weighted by Gasteiger charge is 2.12. The fourth-order valence-corrected chi connectivity index (χ4v) is 3.31. The van der Waals surface area contributed by atoms with Crippen LogP contribution in [-0.4, -0.2) is 33.9 Å². The second-order valence-electron chi connectivity index (χ2n) is 7.32. The van der Waals surface area contributed by atoms with E-state index < -0.39 is 5.97 Å². The number of carbonyl (C=O) groups is 2. The number of nitrogens with one attached hydrogen (secondary N) is 3. The molecule has 0 atom stereocenters. The molecule has 0 aliphatic carbocycles. The fraction of sp³-hybridized carbons (Fsp3) is 0.120. The van der Waals surface area contributed by atoms with E-state index in [0.717, 1.165) is 16.7 Å². The summed E-state index contributed by atoms with van der Waals surface area (Å²) in [5.74, 6) is -0.767. The Morgan fingerprint density at radius 2 is 2.06 bits per heavy atom. The summed E-state index contributed by atoms with van der Waals surface area (Å²) >= 11 is 5.42. The van der Waals surface area contributed by atoms with E-state index in [1.807, 2.05) is 25.1 Å². The van der Waals surface area contributed by atoms with Crippen molar-refractivity contribution >= 4 is 45.8 Å². The first-order valence-electron chi connectivity index (χ1n) is 10.1.